The van der Waals surface area contributed by atoms with E-state index in [0.717, 1.165) is 26.2 Å². The molecule has 0 radical (unpaired) electrons. The molecule has 21 heavy (non-hydrogen) atoms. The third kappa shape index (κ3) is 3.40. The van der Waals surface area contributed by atoms with Gasteiger partial charge in [-0.25, -0.2) is 0 Å². The highest BCUT2D eigenvalue weighted by Crippen LogP contribution is 2.30. The lowest BCUT2D eigenvalue weighted by Crippen LogP contribution is -2.62. The Balaban J connectivity index is 0.00000220. The predicted octanol–water partition coefficient (Wildman–Crippen LogP) is 1.24. The van der Waals surface area contributed by atoms with Gasteiger partial charge in [-0.15, -0.1) is 12.4 Å². The molecule has 0 aromatic heterocycles. The van der Waals surface area contributed by atoms with Gasteiger partial charge in [0, 0.05) is 26.2 Å². The molecule has 2 saturated heterocycles. The van der Waals surface area contributed by atoms with Gasteiger partial charge < -0.3 is 0 Å². The molecular weight excluding hydrogens is 288 g/mol. The Kier molecular flexibility index (Phi) is 5.44. The van der Waals surface area contributed by atoms with E-state index in [1.54, 1.807) is 0 Å². The number of azo groups is 1. The summed E-state index contributed by atoms with van der Waals surface area (Å²) < 4.78 is 0. The van der Waals surface area contributed by atoms with Crippen LogP contribution in [-0.4, -0.2) is 48.6 Å². The molecule has 0 amide bonds. The normalized spacial score (nSPS) is 25.2. The van der Waals surface area contributed by atoms with Crippen molar-refractivity contribution in [2.24, 2.45) is 10.2 Å². The second-order valence-corrected chi connectivity index (χ2v) is 7.28. The highest BCUT2D eigenvalue weighted by molar-refractivity contribution is 5.85. The van der Waals surface area contributed by atoms with Crippen molar-refractivity contribution in [2.45, 2.75) is 63.9 Å². The molecule has 4 N–H and O–H groups in total. The Hall–Kier alpha value is -0.270. The fourth-order valence-corrected chi connectivity index (χ4v) is 2.69. The van der Waals surface area contributed by atoms with Gasteiger partial charge in [-0.3, -0.25) is 21.3 Å². The van der Waals surface area contributed by atoms with Crippen molar-refractivity contribution in [3.8, 4) is 0 Å². The van der Waals surface area contributed by atoms with Crippen LogP contribution in [0, 0.1) is 0 Å². The lowest BCUT2D eigenvalue weighted by atomic mass is 9.89. The first-order chi connectivity index (χ1) is 9.12. The maximum absolute atomic E-state index is 4.69. The monoisotopic (exact) mass is 318 g/mol. The Bertz CT molecular complexity index is 345. The van der Waals surface area contributed by atoms with Crippen LogP contribution in [-0.2, 0) is 0 Å². The SMILES string of the molecule is CC(C)(N=NC(C)(C)C1(C)NCCN1)C1(C)NCCN1.Cl. The summed E-state index contributed by atoms with van der Waals surface area (Å²) in [6, 6.07) is 0. The summed E-state index contributed by atoms with van der Waals surface area (Å²) >= 11 is 0. The van der Waals surface area contributed by atoms with Gasteiger partial charge in [-0.05, 0) is 41.5 Å². The zero-order valence-corrected chi connectivity index (χ0v) is 14.9. The van der Waals surface area contributed by atoms with Crippen LogP contribution < -0.4 is 21.3 Å². The minimum atomic E-state index is -0.310. The van der Waals surface area contributed by atoms with E-state index in [0.29, 0.717) is 0 Å². The van der Waals surface area contributed by atoms with E-state index < -0.39 is 0 Å². The highest BCUT2D eigenvalue weighted by atomic mass is 35.5. The third-order valence-electron chi connectivity index (χ3n) is 5.16. The van der Waals surface area contributed by atoms with Crippen LogP contribution >= 0.6 is 12.4 Å². The summed E-state index contributed by atoms with van der Waals surface area (Å²) in [7, 11) is 0. The largest absolute Gasteiger partial charge is 0.296 e. The summed E-state index contributed by atoms with van der Waals surface area (Å²) in [4.78, 5) is 0. The summed E-state index contributed by atoms with van der Waals surface area (Å²) in [6.07, 6.45) is 0. The van der Waals surface area contributed by atoms with Crippen LogP contribution in [0.2, 0.25) is 0 Å². The average molecular weight is 319 g/mol. The Morgan fingerprint density at radius 2 is 0.905 bits per heavy atom. The first-order valence-corrected chi connectivity index (χ1v) is 7.56. The first kappa shape index (κ1) is 18.8. The van der Waals surface area contributed by atoms with E-state index in [9.17, 15) is 0 Å². The number of nitrogens with zero attached hydrogens (tertiary/aromatic N) is 2. The van der Waals surface area contributed by atoms with E-state index in [1.807, 2.05) is 0 Å². The minimum Gasteiger partial charge on any atom is -0.296 e. The Morgan fingerprint density at radius 1 is 0.667 bits per heavy atom. The maximum Gasteiger partial charge on any atom is 0.107 e. The lowest BCUT2D eigenvalue weighted by Gasteiger charge is -2.41. The van der Waals surface area contributed by atoms with Gasteiger partial charge in [0.2, 0.25) is 0 Å². The van der Waals surface area contributed by atoms with E-state index in [4.69, 9.17) is 10.2 Å². The third-order valence-corrected chi connectivity index (χ3v) is 5.16. The van der Waals surface area contributed by atoms with Gasteiger partial charge in [0.05, 0.1) is 11.3 Å². The van der Waals surface area contributed by atoms with E-state index in [1.165, 1.54) is 0 Å². The Morgan fingerprint density at radius 3 is 1.14 bits per heavy atom. The van der Waals surface area contributed by atoms with Crippen LogP contribution in [0.4, 0.5) is 0 Å². The maximum atomic E-state index is 4.69. The van der Waals surface area contributed by atoms with Crippen LogP contribution in [0.5, 0.6) is 0 Å². The average Bonchev–Trinajstić information content (AvgIpc) is 2.98. The van der Waals surface area contributed by atoms with Crippen molar-refractivity contribution >= 4 is 12.4 Å². The van der Waals surface area contributed by atoms with Crippen molar-refractivity contribution < 1.29 is 0 Å². The number of hydrogen-bond acceptors (Lipinski definition) is 6. The molecule has 0 saturated carbocycles. The standard InChI is InChI=1S/C14H30N6.ClH/c1-11(2,13(5)15-7-8-16-13)19-20-12(3,4)14(6)17-9-10-18-14;/h15-18H,7-10H2,1-6H3;1H. The fourth-order valence-electron chi connectivity index (χ4n) is 2.69. The van der Waals surface area contributed by atoms with Crippen LogP contribution in [0.25, 0.3) is 0 Å². The molecule has 0 spiro atoms. The summed E-state index contributed by atoms with van der Waals surface area (Å²) in [5.74, 6) is 0. The summed E-state index contributed by atoms with van der Waals surface area (Å²) in [6.45, 7) is 16.7. The number of nitrogens with one attached hydrogen (secondary N) is 4. The summed E-state index contributed by atoms with van der Waals surface area (Å²) in [5, 5.41) is 23.4. The molecule has 2 heterocycles. The van der Waals surface area contributed by atoms with Crippen molar-refractivity contribution in [1.29, 1.82) is 0 Å². The Labute approximate surface area is 134 Å². The molecule has 0 unspecified atom stereocenters. The van der Waals surface area contributed by atoms with Gasteiger partial charge in [0.1, 0.15) is 11.1 Å². The zero-order chi connectivity index (χ0) is 15.1. The lowest BCUT2D eigenvalue weighted by molar-refractivity contribution is 0.179. The van der Waals surface area contributed by atoms with Crippen molar-refractivity contribution in [2.75, 3.05) is 26.2 Å². The van der Waals surface area contributed by atoms with Gasteiger partial charge in [0.25, 0.3) is 0 Å². The second kappa shape index (κ2) is 6.08. The topological polar surface area (TPSA) is 72.8 Å². The molecule has 2 aliphatic rings. The van der Waals surface area contributed by atoms with Gasteiger partial charge in [0.15, 0.2) is 0 Å². The fraction of sp³-hybridized carbons (Fsp3) is 1.00. The molecule has 2 rings (SSSR count). The van der Waals surface area contributed by atoms with Crippen molar-refractivity contribution in [3.63, 3.8) is 0 Å². The van der Waals surface area contributed by atoms with E-state index in [2.05, 4.69) is 62.8 Å². The molecule has 0 aromatic rings. The van der Waals surface area contributed by atoms with Crippen LogP contribution in [0.15, 0.2) is 10.2 Å². The molecule has 2 aliphatic heterocycles. The second-order valence-electron chi connectivity index (χ2n) is 7.28. The van der Waals surface area contributed by atoms with Crippen LogP contribution in [0.3, 0.4) is 0 Å². The quantitative estimate of drug-likeness (QED) is 0.588. The van der Waals surface area contributed by atoms with E-state index >= 15 is 0 Å². The van der Waals surface area contributed by atoms with Crippen LogP contribution in [0.1, 0.15) is 41.5 Å². The zero-order valence-electron chi connectivity index (χ0n) is 14.1. The van der Waals surface area contributed by atoms with Gasteiger partial charge >= 0.3 is 0 Å². The van der Waals surface area contributed by atoms with Crippen molar-refractivity contribution in [1.82, 2.24) is 21.3 Å². The summed E-state index contributed by atoms with van der Waals surface area (Å²) in [5.41, 5.74) is -1.03. The van der Waals surface area contributed by atoms with Gasteiger partial charge in [-0.2, -0.15) is 10.2 Å². The van der Waals surface area contributed by atoms with Crippen molar-refractivity contribution in [3.05, 3.63) is 0 Å². The molecule has 124 valence electrons. The number of halogens is 1. The predicted molar refractivity (Wildman–Crippen MR) is 89.1 cm³/mol. The molecule has 0 atom stereocenters. The number of hydrogen-bond donors (Lipinski definition) is 4. The molecule has 0 bridgehead atoms. The van der Waals surface area contributed by atoms with E-state index in [-0.39, 0.29) is 34.8 Å². The smallest absolute Gasteiger partial charge is 0.107 e. The molecule has 6 nitrogen and oxygen atoms in total. The molecule has 7 heteroatoms. The molecule has 0 aliphatic carbocycles. The minimum absolute atomic E-state index is 0. The first-order valence-electron chi connectivity index (χ1n) is 7.56. The molecular formula is C14H31ClN6. The molecule has 2 fully saturated rings. The van der Waals surface area contributed by atoms with Gasteiger partial charge in [-0.1, -0.05) is 0 Å². The number of rotatable bonds is 4. The molecule has 0 aromatic carbocycles. The highest BCUT2D eigenvalue weighted by Gasteiger charge is 2.46.